The van der Waals surface area contributed by atoms with Crippen molar-refractivity contribution in [2.75, 3.05) is 40.0 Å². The Morgan fingerprint density at radius 3 is 2.24 bits per heavy atom. The molecule has 0 aliphatic carbocycles. The van der Waals surface area contributed by atoms with Gasteiger partial charge in [0.05, 0.1) is 34.2 Å². The molecule has 0 bridgehead atoms. The van der Waals surface area contributed by atoms with E-state index in [1.807, 2.05) is 0 Å². The van der Waals surface area contributed by atoms with Crippen molar-refractivity contribution in [3.63, 3.8) is 0 Å². The van der Waals surface area contributed by atoms with Crippen LogP contribution >= 0.6 is 12.6 Å². The molecule has 0 saturated carbocycles. The standard InChI is InChI=1S/C13H28N2OS/c1-15(2,3)11-10-14-13(16)9-7-5-4-6-8-12-17/h4-12H2,1-3H3,(H-,14,16,17)/p+1. The van der Waals surface area contributed by atoms with Gasteiger partial charge in [0.2, 0.25) is 5.91 Å². The number of carbonyl (C=O) groups excluding carboxylic acids is 1. The third-order valence-corrected chi connectivity index (χ3v) is 2.98. The number of unbranched alkanes of at least 4 members (excludes halogenated alkanes) is 4. The minimum Gasteiger partial charge on any atom is -0.350 e. The van der Waals surface area contributed by atoms with Crippen LogP contribution in [0, 0.1) is 0 Å². The minimum absolute atomic E-state index is 0.202. The Hall–Kier alpha value is -0.220. The van der Waals surface area contributed by atoms with Gasteiger partial charge >= 0.3 is 0 Å². The molecule has 102 valence electrons. The smallest absolute Gasteiger partial charge is 0.220 e. The topological polar surface area (TPSA) is 29.1 Å². The molecule has 0 rings (SSSR count). The number of carbonyl (C=O) groups is 1. The molecule has 0 fully saturated rings. The van der Waals surface area contributed by atoms with Gasteiger partial charge in [-0.2, -0.15) is 12.6 Å². The van der Waals surface area contributed by atoms with Crippen molar-refractivity contribution in [1.29, 1.82) is 0 Å². The lowest BCUT2D eigenvalue weighted by Crippen LogP contribution is -2.41. The maximum Gasteiger partial charge on any atom is 0.220 e. The zero-order valence-electron chi connectivity index (χ0n) is 11.7. The normalized spacial score (nSPS) is 11.5. The molecule has 1 amide bonds. The summed E-state index contributed by atoms with van der Waals surface area (Å²) in [4.78, 5) is 11.5. The van der Waals surface area contributed by atoms with Gasteiger partial charge in [-0.05, 0) is 18.6 Å². The first kappa shape index (κ1) is 16.8. The Balaban J connectivity index is 3.29. The van der Waals surface area contributed by atoms with E-state index < -0.39 is 0 Å². The lowest BCUT2D eigenvalue weighted by atomic mass is 10.1. The Morgan fingerprint density at radius 2 is 1.65 bits per heavy atom. The Bertz CT molecular complexity index is 202. The maximum atomic E-state index is 11.5. The Labute approximate surface area is 112 Å². The third kappa shape index (κ3) is 13.7. The summed E-state index contributed by atoms with van der Waals surface area (Å²) in [7, 11) is 6.40. The molecule has 0 aromatic heterocycles. The summed E-state index contributed by atoms with van der Waals surface area (Å²) in [5, 5.41) is 2.97. The zero-order valence-corrected chi connectivity index (χ0v) is 12.6. The maximum absolute atomic E-state index is 11.5. The fourth-order valence-electron chi connectivity index (χ4n) is 1.55. The molecular weight excluding hydrogens is 232 g/mol. The number of hydrogen-bond acceptors (Lipinski definition) is 2. The number of nitrogens with zero attached hydrogens (tertiary/aromatic N) is 1. The van der Waals surface area contributed by atoms with E-state index in [2.05, 4.69) is 39.1 Å². The van der Waals surface area contributed by atoms with Gasteiger partial charge in [0.25, 0.3) is 0 Å². The molecule has 4 heteroatoms. The van der Waals surface area contributed by atoms with Crippen LogP contribution in [0.25, 0.3) is 0 Å². The first-order chi connectivity index (χ1) is 7.95. The summed E-state index contributed by atoms with van der Waals surface area (Å²) >= 11 is 4.17. The molecule has 0 spiro atoms. The van der Waals surface area contributed by atoms with E-state index >= 15 is 0 Å². The van der Waals surface area contributed by atoms with Gasteiger partial charge in [0.15, 0.2) is 0 Å². The quantitative estimate of drug-likeness (QED) is 0.352. The van der Waals surface area contributed by atoms with Crippen molar-refractivity contribution in [2.24, 2.45) is 0 Å². The van der Waals surface area contributed by atoms with Crippen LogP contribution in [-0.2, 0) is 4.79 Å². The predicted molar refractivity (Wildman–Crippen MR) is 77.5 cm³/mol. The molecule has 0 radical (unpaired) electrons. The fourth-order valence-corrected chi connectivity index (χ4v) is 1.77. The molecule has 3 nitrogen and oxygen atoms in total. The van der Waals surface area contributed by atoms with Crippen molar-refractivity contribution >= 4 is 18.5 Å². The lowest BCUT2D eigenvalue weighted by molar-refractivity contribution is -0.869. The van der Waals surface area contributed by atoms with Crippen LogP contribution in [0.3, 0.4) is 0 Å². The van der Waals surface area contributed by atoms with Crippen LogP contribution < -0.4 is 5.32 Å². The van der Waals surface area contributed by atoms with E-state index in [1.165, 1.54) is 19.3 Å². The molecule has 0 aromatic carbocycles. The average Bonchev–Trinajstić information content (AvgIpc) is 2.21. The molecule has 0 atom stereocenters. The zero-order chi connectivity index (χ0) is 13.1. The van der Waals surface area contributed by atoms with E-state index in [1.54, 1.807) is 0 Å². The van der Waals surface area contributed by atoms with Crippen molar-refractivity contribution in [3.8, 4) is 0 Å². The molecule has 0 aliphatic rings. The molecule has 0 heterocycles. The minimum atomic E-state index is 0.202. The van der Waals surface area contributed by atoms with E-state index in [0.717, 1.165) is 36.2 Å². The number of thiol groups is 1. The first-order valence-electron chi connectivity index (χ1n) is 6.64. The van der Waals surface area contributed by atoms with Gasteiger partial charge in [0.1, 0.15) is 0 Å². The molecule has 1 N–H and O–H groups in total. The highest BCUT2D eigenvalue weighted by Gasteiger charge is 2.07. The number of quaternary nitrogens is 1. The summed E-state index contributed by atoms with van der Waals surface area (Å²) in [5.74, 6) is 1.18. The molecular formula is C13H29N2OS+. The van der Waals surface area contributed by atoms with Crippen LogP contribution in [-0.4, -0.2) is 50.4 Å². The van der Waals surface area contributed by atoms with Crippen molar-refractivity contribution < 1.29 is 9.28 Å². The molecule has 0 aromatic rings. The van der Waals surface area contributed by atoms with Gasteiger partial charge in [-0.1, -0.05) is 19.3 Å². The number of hydrogen-bond donors (Lipinski definition) is 2. The van der Waals surface area contributed by atoms with Crippen molar-refractivity contribution in [1.82, 2.24) is 5.32 Å². The summed E-state index contributed by atoms with van der Waals surface area (Å²) in [6.45, 7) is 1.76. The highest BCUT2D eigenvalue weighted by Crippen LogP contribution is 2.05. The predicted octanol–water partition coefficient (Wildman–Crippen LogP) is 2.08. The van der Waals surface area contributed by atoms with Crippen molar-refractivity contribution in [2.45, 2.75) is 38.5 Å². The monoisotopic (exact) mass is 261 g/mol. The molecule has 17 heavy (non-hydrogen) atoms. The van der Waals surface area contributed by atoms with E-state index in [-0.39, 0.29) is 5.91 Å². The summed E-state index contributed by atoms with van der Waals surface area (Å²) in [6.07, 6.45) is 6.52. The SMILES string of the molecule is C[N+](C)(C)CCNC(=O)CCCCCCCS. The van der Waals surface area contributed by atoms with Crippen molar-refractivity contribution in [3.05, 3.63) is 0 Å². The average molecular weight is 261 g/mol. The number of likely N-dealkylation sites (N-methyl/N-ethyl adjacent to an activating group) is 1. The number of amides is 1. The van der Waals surface area contributed by atoms with Crippen LogP contribution in [0.15, 0.2) is 0 Å². The summed E-state index contributed by atoms with van der Waals surface area (Å²) in [6, 6.07) is 0. The van der Waals surface area contributed by atoms with Crippen LogP contribution in [0.1, 0.15) is 38.5 Å². The first-order valence-corrected chi connectivity index (χ1v) is 7.27. The second-order valence-corrected chi connectivity index (χ2v) is 6.05. The molecule has 0 saturated heterocycles. The van der Waals surface area contributed by atoms with Gasteiger partial charge in [0, 0.05) is 6.42 Å². The van der Waals surface area contributed by atoms with E-state index in [4.69, 9.17) is 0 Å². The van der Waals surface area contributed by atoms with E-state index in [0.29, 0.717) is 6.42 Å². The van der Waals surface area contributed by atoms with Gasteiger partial charge in [-0.25, -0.2) is 0 Å². The number of nitrogens with one attached hydrogen (secondary N) is 1. The fraction of sp³-hybridized carbons (Fsp3) is 0.923. The van der Waals surface area contributed by atoms with Crippen LogP contribution in [0.2, 0.25) is 0 Å². The third-order valence-electron chi connectivity index (χ3n) is 2.67. The van der Waals surface area contributed by atoms with Gasteiger partial charge in [-0.3, -0.25) is 4.79 Å². The highest BCUT2D eigenvalue weighted by molar-refractivity contribution is 7.80. The molecule has 0 aliphatic heterocycles. The van der Waals surface area contributed by atoms with Crippen LogP contribution in [0.5, 0.6) is 0 Å². The number of rotatable bonds is 10. The highest BCUT2D eigenvalue weighted by atomic mass is 32.1. The van der Waals surface area contributed by atoms with E-state index in [9.17, 15) is 4.79 Å². The summed E-state index contributed by atoms with van der Waals surface area (Å²) < 4.78 is 0.893. The van der Waals surface area contributed by atoms with Gasteiger partial charge in [-0.15, -0.1) is 0 Å². The Kier molecular flexibility index (Phi) is 9.65. The second kappa shape index (κ2) is 9.77. The molecule has 0 unspecified atom stereocenters. The van der Waals surface area contributed by atoms with Gasteiger partial charge < -0.3 is 9.80 Å². The largest absolute Gasteiger partial charge is 0.350 e. The summed E-state index contributed by atoms with van der Waals surface area (Å²) in [5.41, 5.74) is 0. The lowest BCUT2D eigenvalue weighted by Gasteiger charge is -2.23. The van der Waals surface area contributed by atoms with Crippen LogP contribution in [0.4, 0.5) is 0 Å². The Morgan fingerprint density at radius 1 is 1.06 bits per heavy atom. The second-order valence-electron chi connectivity index (χ2n) is 5.61.